The van der Waals surface area contributed by atoms with Gasteiger partial charge in [0.25, 0.3) is 11.8 Å². The van der Waals surface area contributed by atoms with Crippen molar-refractivity contribution in [2.45, 2.75) is 12.8 Å². The lowest BCUT2D eigenvalue weighted by atomic mass is 10.1. The van der Waals surface area contributed by atoms with Gasteiger partial charge in [-0.3, -0.25) is 29.0 Å². The molecule has 0 bridgehead atoms. The Labute approximate surface area is 159 Å². The second-order valence-electron chi connectivity index (χ2n) is 5.81. The van der Waals surface area contributed by atoms with Gasteiger partial charge in [0, 0.05) is 13.1 Å². The van der Waals surface area contributed by atoms with Crippen molar-refractivity contribution in [3.8, 4) is 5.75 Å². The van der Waals surface area contributed by atoms with Crippen LogP contribution >= 0.6 is 0 Å². The summed E-state index contributed by atoms with van der Waals surface area (Å²) in [5.74, 6) is -3.76. The summed E-state index contributed by atoms with van der Waals surface area (Å²) in [5.41, 5.74) is 0.115. The number of barbiturate groups is 1. The van der Waals surface area contributed by atoms with Crippen molar-refractivity contribution in [3.63, 3.8) is 0 Å². The highest BCUT2D eigenvalue weighted by molar-refractivity contribution is 6.31. The second-order valence-corrected chi connectivity index (χ2v) is 5.81. The van der Waals surface area contributed by atoms with Crippen LogP contribution in [0.5, 0.6) is 5.75 Å². The molecule has 2 rings (SSSR count). The van der Waals surface area contributed by atoms with E-state index in [-0.39, 0.29) is 5.57 Å². The van der Waals surface area contributed by atoms with Crippen molar-refractivity contribution in [1.82, 2.24) is 9.80 Å². The minimum absolute atomic E-state index is 0.361. The molecule has 0 unspecified atom stereocenters. The van der Waals surface area contributed by atoms with Gasteiger partial charge in [-0.2, -0.15) is 0 Å². The number of aliphatic carboxylic acids is 2. The van der Waals surface area contributed by atoms with Gasteiger partial charge in [-0.25, -0.2) is 4.79 Å². The maximum absolute atomic E-state index is 12.6. The molecule has 1 aliphatic heterocycles. The number of rotatable bonds is 8. The number of hydrogen-bond acceptors (Lipinski definition) is 6. The van der Waals surface area contributed by atoms with E-state index in [0.717, 1.165) is 0 Å². The lowest BCUT2D eigenvalue weighted by molar-refractivity contribution is -0.138. The summed E-state index contributed by atoms with van der Waals surface area (Å²) in [6.07, 6.45) is 0.251. The second kappa shape index (κ2) is 8.80. The van der Waals surface area contributed by atoms with Crippen LogP contribution in [0.2, 0.25) is 0 Å². The number of carbonyl (C=O) groups excluding carboxylic acids is 3. The van der Waals surface area contributed by atoms with Gasteiger partial charge >= 0.3 is 18.0 Å². The van der Waals surface area contributed by atoms with Crippen molar-refractivity contribution >= 4 is 35.9 Å². The molecule has 0 spiro atoms. The number of hydrogen-bond donors (Lipinski definition) is 2. The number of carbonyl (C=O) groups is 5. The Kier molecular flexibility index (Phi) is 6.48. The third-order valence-electron chi connectivity index (χ3n) is 3.94. The van der Waals surface area contributed by atoms with Gasteiger partial charge in [0.2, 0.25) is 0 Å². The van der Waals surface area contributed by atoms with Crippen LogP contribution in [-0.2, 0) is 19.2 Å². The Balaban J connectivity index is 2.39. The minimum atomic E-state index is -1.23. The summed E-state index contributed by atoms with van der Waals surface area (Å²) in [6, 6.07) is 5.36. The Morgan fingerprint density at radius 1 is 0.929 bits per heavy atom. The van der Waals surface area contributed by atoms with Crippen LogP contribution in [0.15, 0.2) is 29.8 Å². The van der Waals surface area contributed by atoms with E-state index in [0.29, 0.717) is 21.1 Å². The monoisotopic (exact) mass is 390 g/mol. The standard InChI is InChI=1S/C18H18N2O8/c1-28-12-4-2-11(3-5-12)10-13-16(25)19(8-6-14(21)22)18(27)20(17(13)26)9-7-15(23)24/h2-5,10H,6-9H2,1H3,(H,21,22)(H,23,24). The number of amides is 4. The zero-order chi connectivity index (χ0) is 20.8. The molecule has 1 fully saturated rings. The van der Waals surface area contributed by atoms with Crippen LogP contribution in [0, 0.1) is 0 Å². The molecular weight excluding hydrogens is 372 g/mol. The highest BCUT2D eigenvalue weighted by Crippen LogP contribution is 2.22. The normalized spacial score (nSPS) is 14.3. The van der Waals surface area contributed by atoms with E-state index in [1.807, 2.05) is 0 Å². The minimum Gasteiger partial charge on any atom is -0.497 e. The number of nitrogens with zero attached hydrogens (tertiary/aromatic N) is 2. The van der Waals surface area contributed by atoms with Gasteiger partial charge < -0.3 is 14.9 Å². The first-order valence-corrected chi connectivity index (χ1v) is 8.21. The van der Waals surface area contributed by atoms with E-state index in [9.17, 15) is 24.0 Å². The van der Waals surface area contributed by atoms with E-state index in [1.165, 1.54) is 13.2 Å². The molecule has 2 N–H and O–H groups in total. The summed E-state index contributed by atoms with van der Waals surface area (Å²) < 4.78 is 5.03. The summed E-state index contributed by atoms with van der Waals surface area (Å²) in [7, 11) is 1.48. The molecule has 148 valence electrons. The summed E-state index contributed by atoms with van der Waals surface area (Å²) >= 11 is 0. The number of urea groups is 1. The molecule has 0 radical (unpaired) electrons. The lowest BCUT2D eigenvalue weighted by Crippen LogP contribution is -2.57. The summed E-state index contributed by atoms with van der Waals surface area (Å²) in [5, 5.41) is 17.7. The molecule has 1 aromatic rings. The van der Waals surface area contributed by atoms with Gasteiger partial charge in [0.1, 0.15) is 11.3 Å². The summed E-state index contributed by atoms with van der Waals surface area (Å²) in [6.45, 7) is -0.881. The van der Waals surface area contributed by atoms with Gasteiger partial charge in [-0.15, -0.1) is 0 Å². The number of imide groups is 2. The van der Waals surface area contributed by atoms with Crippen LogP contribution in [0.3, 0.4) is 0 Å². The van der Waals surface area contributed by atoms with Crippen LogP contribution in [0.4, 0.5) is 4.79 Å². The molecule has 1 aromatic carbocycles. The van der Waals surface area contributed by atoms with E-state index < -0.39 is 55.7 Å². The number of benzene rings is 1. The van der Waals surface area contributed by atoms with E-state index in [4.69, 9.17) is 14.9 Å². The highest BCUT2D eigenvalue weighted by atomic mass is 16.5. The third-order valence-corrected chi connectivity index (χ3v) is 3.94. The maximum atomic E-state index is 12.6. The van der Waals surface area contributed by atoms with Crippen LogP contribution in [0.25, 0.3) is 6.08 Å². The van der Waals surface area contributed by atoms with Crippen molar-refractivity contribution < 1.29 is 38.9 Å². The molecule has 1 heterocycles. The van der Waals surface area contributed by atoms with Crippen LogP contribution in [0.1, 0.15) is 18.4 Å². The Hall–Kier alpha value is -3.69. The quantitative estimate of drug-likeness (QED) is 0.491. The zero-order valence-corrected chi connectivity index (χ0v) is 15.0. The fourth-order valence-electron chi connectivity index (χ4n) is 2.50. The zero-order valence-electron chi connectivity index (χ0n) is 15.0. The molecule has 0 atom stereocenters. The number of carboxylic acids is 2. The summed E-state index contributed by atoms with van der Waals surface area (Å²) in [4.78, 5) is 60.6. The molecular formula is C18H18N2O8. The molecule has 1 saturated heterocycles. The maximum Gasteiger partial charge on any atom is 0.333 e. The first-order chi connectivity index (χ1) is 13.2. The lowest BCUT2D eigenvalue weighted by Gasteiger charge is -2.33. The molecule has 0 aromatic heterocycles. The van der Waals surface area contributed by atoms with E-state index >= 15 is 0 Å². The smallest absolute Gasteiger partial charge is 0.333 e. The fourth-order valence-corrected chi connectivity index (χ4v) is 2.50. The van der Waals surface area contributed by atoms with Gasteiger partial charge in [0.05, 0.1) is 20.0 Å². The largest absolute Gasteiger partial charge is 0.497 e. The van der Waals surface area contributed by atoms with Crippen molar-refractivity contribution in [1.29, 1.82) is 0 Å². The molecule has 4 amide bonds. The average Bonchev–Trinajstić information content (AvgIpc) is 2.65. The van der Waals surface area contributed by atoms with E-state index in [1.54, 1.807) is 24.3 Å². The fraction of sp³-hybridized carbons (Fsp3) is 0.278. The predicted molar refractivity (Wildman–Crippen MR) is 94.3 cm³/mol. The topological polar surface area (TPSA) is 142 Å². The van der Waals surface area contributed by atoms with Crippen LogP contribution < -0.4 is 4.74 Å². The molecule has 0 saturated carbocycles. The Morgan fingerprint density at radius 2 is 1.39 bits per heavy atom. The molecule has 0 aliphatic carbocycles. The van der Waals surface area contributed by atoms with Crippen molar-refractivity contribution in [2.75, 3.05) is 20.2 Å². The highest BCUT2D eigenvalue weighted by Gasteiger charge is 2.41. The first kappa shape index (κ1) is 20.6. The molecule has 10 heteroatoms. The van der Waals surface area contributed by atoms with Gasteiger partial charge in [-0.1, -0.05) is 12.1 Å². The van der Waals surface area contributed by atoms with Crippen molar-refractivity contribution in [2.24, 2.45) is 0 Å². The average molecular weight is 390 g/mol. The van der Waals surface area contributed by atoms with Gasteiger partial charge in [0.15, 0.2) is 0 Å². The molecule has 28 heavy (non-hydrogen) atoms. The first-order valence-electron chi connectivity index (χ1n) is 8.21. The van der Waals surface area contributed by atoms with E-state index in [2.05, 4.69) is 0 Å². The SMILES string of the molecule is COc1ccc(C=C2C(=O)N(CCC(=O)O)C(=O)N(CCC(=O)O)C2=O)cc1. The predicted octanol–water partition coefficient (Wildman–Crippen LogP) is 0.819. The van der Waals surface area contributed by atoms with Crippen LogP contribution in [-0.4, -0.2) is 70.0 Å². The third kappa shape index (κ3) is 4.72. The van der Waals surface area contributed by atoms with Gasteiger partial charge in [-0.05, 0) is 23.8 Å². The Bertz CT molecular complexity index is 802. The van der Waals surface area contributed by atoms with Crippen molar-refractivity contribution in [3.05, 3.63) is 35.4 Å². The number of methoxy groups -OCH3 is 1. The molecule has 1 aliphatic rings. The Morgan fingerprint density at radius 3 is 1.79 bits per heavy atom. The number of ether oxygens (including phenoxy) is 1. The number of carboxylic acid groups (broad SMARTS) is 2. The molecule has 10 nitrogen and oxygen atoms in total.